The lowest BCUT2D eigenvalue weighted by molar-refractivity contribution is -0.219. The van der Waals surface area contributed by atoms with Crippen molar-refractivity contribution >= 4 is 17.8 Å². The van der Waals surface area contributed by atoms with Gasteiger partial charge in [0.25, 0.3) is 0 Å². The zero-order valence-corrected chi connectivity index (χ0v) is 13.6. The molecule has 0 spiro atoms. The van der Waals surface area contributed by atoms with Gasteiger partial charge in [-0.05, 0) is 25.0 Å². The molecule has 2 heterocycles. The van der Waals surface area contributed by atoms with Crippen LogP contribution in [0, 0.1) is 5.41 Å². The van der Waals surface area contributed by atoms with Crippen LogP contribution in [0.5, 0.6) is 0 Å². The Balaban J connectivity index is 1.79. The Labute approximate surface area is 139 Å². The van der Waals surface area contributed by atoms with E-state index in [9.17, 15) is 9.59 Å². The van der Waals surface area contributed by atoms with E-state index in [1.807, 2.05) is 30.3 Å². The molecule has 1 aliphatic rings. The third-order valence-corrected chi connectivity index (χ3v) is 4.33. The molecule has 0 bridgehead atoms. The number of esters is 2. The fourth-order valence-corrected chi connectivity index (χ4v) is 2.72. The molecule has 0 radical (unpaired) electrons. The van der Waals surface area contributed by atoms with Gasteiger partial charge in [0, 0.05) is 6.07 Å². The van der Waals surface area contributed by atoms with E-state index in [-0.39, 0.29) is 0 Å². The SMILES string of the molecule is CCC1(CC)C(=O)OC(Nc2ccnn2-c2ccccc2)OC1=O. The Morgan fingerprint density at radius 1 is 1.08 bits per heavy atom. The molecule has 0 aliphatic carbocycles. The van der Waals surface area contributed by atoms with Crippen LogP contribution in [0.25, 0.3) is 5.69 Å². The number of hydrogen-bond donors (Lipinski definition) is 1. The minimum atomic E-state index is -1.21. The van der Waals surface area contributed by atoms with Gasteiger partial charge in [0.1, 0.15) is 5.82 Å². The van der Waals surface area contributed by atoms with Crippen molar-refractivity contribution in [3.8, 4) is 5.69 Å². The number of hydrogen-bond acceptors (Lipinski definition) is 6. The molecular weight excluding hydrogens is 310 g/mol. The summed E-state index contributed by atoms with van der Waals surface area (Å²) in [6, 6.07) is 11.2. The van der Waals surface area contributed by atoms with Crippen LogP contribution in [0.3, 0.4) is 0 Å². The number of carbonyl (C=O) groups excluding carboxylic acids is 2. The summed E-state index contributed by atoms with van der Waals surface area (Å²) in [5, 5.41) is 7.11. The molecule has 3 rings (SSSR count). The van der Waals surface area contributed by atoms with Crippen LogP contribution >= 0.6 is 0 Å². The van der Waals surface area contributed by atoms with Gasteiger partial charge in [-0.15, -0.1) is 0 Å². The molecular formula is C17H19N3O4. The third kappa shape index (κ3) is 2.62. The number of anilines is 1. The Hall–Kier alpha value is -2.83. The van der Waals surface area contributed by atoms with Gasteiger partial charge in [0.2, 0.25) is 0 Å². The van der Waals surface area contributed by atoms with Crippen LogP contribution in [0.4, 0.5) is 5.82 Å². The molecule has 1 aromatic heterocycles. The lowest BCUT2D eigenvalue weighted by atomic mass is 9.82. The zero-order chi connectivity index (χ0) is 17.2. The van der Waals surface area contributed by atoms with Gasteiger partial charge in [0.15, 0.2) is 5.41 Å². The van der Waals surface area contributed by atoms with Crippen LogP contribution in [-0.4, -0.2) is 28.1 Å². The summed E-state index contributed by atoms with van der Waals surface area (Å²) in [7, 11) is 0. The summed E-state index contributed by atoms with van der Waals surface area (Å²) in [6.45, 7) is 3.54. The van der Waals surface area contributed by atoms with Gasteiger partial charge >= 0.3 is 18.4 Å². The topological polar surface area (TPSA) is 82.4 Å². The molecule has 2 aromatic rings. The van der Waals surface area contributed by atoms with E-state index in [1.165, 1.54) is 0 Å². The van der Waals surface area contributed by atoms with Gasteiger partial charge in [-0.2, -0.15) is 5.10 Å². The number of nitrogens with one attached hydrogen (secondary N) is 1. The number of rotatable bonds is 5. The molecule has 1 saturated heterocycles. The van der Waals surface area contributed by atoms with E-state index in [4.69, 9.17) is 9.47 Å². The number of nitrogens with zero attached hydrogens (tertiary/aromatic N) is 2. The number of cyclic esters (lactones) is 2. The number of benzene rings is 1. The highest BCUT2D eigenvalue weighted by Crippen LogP contribution is 2.34. The number of carbonyl (C=O) groups is 2. The van der Waals surface area contributed by atoms with E-state index >= 15 is 0 Å². The maximum Gasteiger partial charge on any atom is 0.330 e. The first-order valence-electron chi connectivity index (χ1n) is 7.89. The maximum atomic E-state index is 12.3. The van der Waals surface area contributed by atoms with Crippen molar-refractivity contribution in [1.82, 2.24) is 9.78 Å². The standard InChI is InChI=1S/C17H19N3O4/c1-3-17(4-2)14(21)23-16(24-15(17)22)19-13-10-11-18-20(13)12-8-6-5-7-9-12/h5-11,16,19H,3-4H2,1-2H3. The number of aromatic nitrogens is 2. The normalized spacial score (nSPS) is 17.2. The molecule has 7 nitrogen and oxygen atoms in total. The molecule has 0 saturated carbocycles. The van der Waals surface area contributed by atoms with Crippen molar-refractivity contribution in [3.63, 3.8) is 0 Å². The second-order valence-corrected chi connectivity index (χ2v) is 5.54. The first-order chi connectivity index (χ1) is 11.6. The summed E-state index contributed by atoms with van der Waals surface area (Å²) >= 11 is 0. The Morgan fingerprint density at radius 2 is 1.71 bits per heavy atom. The largest absolute Gasteiger partial charge is 0.405 e. The van der Waals surface area contributed by atoms with E-state index in [0.29, 0.717) is 18.7 Å². The first-order valence-corrected chi connectivity index (χ1v) is 7.89. The predicted molar refractivity (Wildman–Crippen MR) is 86.2 cm³/mol. The first kappa shape index (κ1) is 16.0. The van der Waals surface area contributed by atoms with Crippen molar-refractivity contribution < 1.29 is 19.1 Å². The molecule has 1 aliphatic heterocycles. The lowest BCUT2D eigenvalue weighted by Crippen LogP contribution is -2.51. The van der Waals surface area contributed by atoms with Crippen molar-refractivity contribution in [1.29, 1.82) is 0 Å². The zero-order valence-electron chi connectivity index (χ0n) is 13.6. The van der Waals surface area contributed by atoms with Gasteiger partial charge in [-0.3, -0.25) is 9.59 Å². The summed E-state index contributed by atoms with van der Waals surface area (Å²) < 4.78 is 12.2. The smallest absolute Gasteiger partial charge is 0.330 e. The third-order valence-electron chi connectivity index (χ3n) is 4.33. The predicted octanol–water partition coefficient (Wildman–Crippen LogP) is 2.47. The van der Waals surface area contributed by atoms with Crippen LogP contribution in [0.2, 0.25) is 0 Å². The van der Waals surface area contributed by atoms with Gasteiger partial charge in [-0.1, -0.05) is 32.0 Å². The molecule has 24 heavy (non-hydrogen) atoms. The van der Waals surface area contributed by atoms with Crippen LogP contribution < -0.4 is 5.32 Å². The molecule has 7 heteroatoms. The van der Waals surface area contributed by atoms with Crippen molar-refractivity contribution in [3.05, 3.63) is 42.6 Å². The van der Waals surface area contributed by atoms with E-state index in [0.717, 1.165) is 5.69 Å². The number of ether oxygens (including phenoxy) is 2. The molecule has 0 amide bonds. The van der Waals surface area contributed by atoms with Crippen molar-refractivity contribution in [2.24, 2.45) is 5.41 Å². The van der Waals surface area contributed by atoms with Crippen molar-refractivity contribution in [2.45, 2.75) is 33.1 Å². The minimum Gasteiger partial charge on any atom is -0.405 e. The van der Waals surface area contributed by atoms with Gasteiger partial charge < -0.3 is 14.8 Å². The monoisotopic (exact) mass is 329 g/mol. The van der Waals surface area contributed by atoms with Crippen LogP contribution in [-0.2, 0) is 19.1 Å². The number of para-hydroxylation sites is 1. The average Bonchev–Trinajstić information content (AvgIpc) is 3.04. The van der Waals surface area contributed by atoms with Crippen LogP contribution in [0.15, 0.2) is 42.6 Å². The van der Waals surface area contributed by atoms with E-state index < -0.39 is 23.8 Å². The van der Waals surface area contributed by atoms with Gasteiger partial charge in [0.05, 0.1) is 11.9 Å². The summed E-state index contributed by atoms with van der Waals surface area (Å²) in [5.74, 6) is -0.577. The minimum absolute atomic E-state index is 0.343. The molecule has 126 valence electrons. The molecule has 0 atom stereocenters. The fourth-order valence-electron chi connectivity index (χ4n) is 2.72. The fraction of sp³-hybridized carbons (Fsp3) is 0.353. The Morgan fingerprint density at radius 3 is 2.29 bits per heavy atom. The molecule has 1 aromatic carbocycles. The Bertz CT molecular complexity index is 717. The second kappa shape index (κ2) is 6.35. The van der Waals surface area contributed by atoms with Gasteiger partial charge in [-0.25, -0.2) is 4.68 Å². The highest BCUT2D eigenvalue weighted by Gasteiger charge is 2.51. The molecule has 0 unspecified atom stereocenters. The lowest BCUT2D eigenvalue weighted by Gasteiger charge is -2.35. The molecule has 1 fully saturated rings. The highest BCUT2D eigenvalue weighted by atomic mass is 16.7. The molecule has 1 N–H and O–H groups in total. The quantitative estimate of drug-likeness (QED) is 0.670. The Kier molecular flexibility index (Phi) is 4.24. The summed E-state index contributed by atoms with van der Waals surface area (Å²) in [5.41, 5.74) is -0.382. The summed E-state index contributed by atoms with van der Waals surface area (Å²) in [6.07, 6.45) is 1.12. The highest BCUT2D eigenvalue weighted by molar-refractivity contribution is 6.01. The summed E-state index contributed by atoms with van der Waals surface area (Å²) in [4.78, 5) is 24.6. The van der Waals surface area contributed by atoms with Crippen molar-refractivity contribution in [2.75, 3.05) is 5.32 Å². The second-order valence-electron chi connectivity index (χ2n) is 5.54. The van der Waals surface area contributed by atoms with Crippen LogP contribution in [0.1, 0.15) is 26.7 Å². The van der Waals surface area contributed by atoms with E-state index in [1.54, 1.807) is 30.8 Å². The average molecular weight is 329 g/mol. The van der Waals surface area contributed by atoms with E-state index in [2.05, 4.69) is 10.4 Å². The maximum absolute atomic E-state index is 12.3.